The van der Waals surface area contributed by atoms with E-state index in [1.165, 1.54) is 6.08 Å². The van der Waals surface area contributed by atoms with Gasteiger partial charge in [0.2, 0.25) is 0 Å². The first kappa shape index (κ1) is 18.5. The third-order valence-electron chi connectivity index (χ3n) is 5.48. The van der Waals surface area contributed by atoms with Gasteiger partial charge in [-0.3, -0.25) is 0 Å². The maximum atomic E-state index is 14.2. The number of benzene rings is 3. The molecule has 3 aromatic carbocycles. The summed E-state index contributed by atoms with van der Waals surface area (Å²) in [6.45, 7) is 1.98. The van der Waals surface area contributed by atoms with Crippen LogP contribution in [0.5, 0.6) is 0 Å². The molecule has 1 heterocycles. The van der Waals surface area contributed by atoms with Gasteiger partial charge in [0.05, 0.1) is 16.8 Å². The third-order valence-corrected chi connectivity index (χ3v) is 5.48. The van der Waals surface area contributed by atoms with Crippen LogP contribution in [0.2, 0.25) is 0 Å². The zero-order valence-electron chi connectivity index (χ0n) is 16.2. The zero-order chi connectivity index (χ0) is 20.9. The number of alkyl halides is 3. The van der Waals surface area contributed by atoms with Gasteiger partial charge in [0.1, 0.15) is 0 Å². The van der Waals surface area contributed by atoms with E-state index in [0.717, 1.165) is 22.0 Å². The molecule has 4 aromatic rings. The Bertz CT molecular complexity index is 1320. The monoisotopic (exact) mass is 401 g/mol. The lowest BCUT2D eigenvalue weighted by atomic mass is 9.96. The number of halogens is 3. The number of hydrogen-bond acceptors (Lipinski definition) is 0. The van der Waals surface area contributed by atoms with Crippen LogP contribution >= 0.6 is 0 Å². The highest BCUT2D eigenvalue weighted by molar-refractivity contribution is 6.08. The Balaban J connectivity index is 1.93. The van der Waals surface area contributed by atoms with E-state index >= 15 is 0 Å². The van der Waals surface area contributed by atoms with Gasteiger partial charge < -0.3 is 4.57 Å². The summed E-state index contributed by atoms with van der Waals surface area (Å²) in [4.78, 5) is 0. The van der Waals surface area contributed by atoms with Crippen molar-refractivity contribution in [3.63, 3.8) is 0 Å². The minimum Gasteiger partial charge on any atom is -0.315 e. The summed E-state index contributed by atoms with van der Waals surface area (Å²) in [5.41, 5.74) is 3.98. The molecule has 1 aliphatic carbocycles. The number of hydrogen-bond donors (Lipinski definition) is 0. The molecular weight excluding hydrogens is 383 g/mol. The van der Waals surface area contributed by atoms with Crippen molar-refractivity contribution in [2.45, 2.75) is 13.1 Å². The molecule has 4 heteroatoms. The normalized spacial score (nSPS) is 15.3. The summed E-state index contributed by atoms with van der Waals surface area (Å²) in [5, 5.41) is 0.985. The summed E-state index contributed by atoms with van der Waals surface area (Å²) in [5.74, 6) is 0. The molecule has 0 atom stereocenters. The second-order valence-electron chi connectivity index (χ2n) is 7.48. The van der Waals surface area contributed by atoms with Crippen molar-refractivity contribution in [3.05, 3.63) is 113 Å². The first-order chi connectivity index (χ1) is 14.4. The SMILES string of the molecule is Cc1ccc2ccn(/C(=C3\C(C(F)(F)F)=Cc4ccccc43)c3ccccc3)c2c1. The molecule has 1 aliphatic rings. The fraction of sp³-hybridized carbons (Fsp3) is 0.0769. The summed E-state index contributed by atoms with van der Waals surface area (Å²) in [6.07, 6.45) is -1.35. The predicted octanol–water partition coefficient (Wildman–Crippen LogP) is 7.33. The fourth-order valence-electron chi connectivity index (χ4n) is 4.14. The summed E-state index contributed by atoms with van der Waals surface area (Å²) in [6, 6.07) is 24.3. The van der Waals surface area contributed by atoms with Gasteiger partial charge in [0.25, 0.3) is 0 Å². The van der Waals surface area contributed by atoms with Gasteiger partial charge in [-0.25, -0.2) is 0 Å². The molecule has 0 spiro atoms. The summed E-state index contributed by atoms with van der Waals surface area (Å²) < 4.78 is 44.4. The average Bonchev–Trinajstić information content (AvgIpc) is 3.31. The second kappa shape index (κ2) is 6.77. The van der Waals surface area contributed by atoms with Crippen LogP contribution < -0.4 is 0 Å². The van der Waals surface area contributed by atoms with Gasteiger partial charge in [-0.05, 0) is 52.8 Å². The molecule has 30 heavy (non-hydrogen) atoms. The Kier molecular flexibility index (Phi) is 4.17. The van der Waals surface area contributed by atoms with Gasteiger partial charge in [-0.15, -0.1) is 0 Å². The molecule has 0 N–H and O–H groups in total. The number of nitrogens with zero attached hydrogens (tertiary/aromatic N) is 1. The Morgan fingerprint density at radius 1 is 0.833 bits per heavy atom. The van der Waals surface area contributed by atoms with Crippen LogP contribution in [0.1, 0.15) is 22.3 Å². The number of allylic oxidation sites excluding steroid dienone is 2. The van der Waals surface area contributed by atoms with Gasteiger partial charge in [0.15, 0.2) is 0 Å². The number of aryl methyl sites for hydroxylation is 1. The van der Waals surface area contributed by atoms with E-state index in [0.29, 0.717) is 16.8 Å². The Morgan fingerprint density at radius 2 is 1.57 bits per heavy atom. The van der Waals surface area contributed by atoms with Crippen LogP contribution in [-0.4, -0.2) is 10.7 Å². The molecule has 1 nitrogen and oxygen atoms in total. The van der Waals surface area contributed by atoms with Gasteiger partial charge in [0, 0.05) is 11.8 Å². The number of fused-ring (bicyclic) bond motifs is 2. The van der Waals surface area contributed by atoms with Crippen molar-refractivity contribution in [3.8, 4) is 0 Å². The molecule has 0 fully saturated rings. The highest BCUT2D eigenvalue weighted by atomic mass is 19.4. The molecule has 0 radical (unpaired) electrons. The Labute approximate surface area is 172 Å². The van der Waals surface area contributed by atoms with Crippen LogP contribution in [0.3, 0.4) is 0 Å². The van der Waals surface area contributed by atoms with E-state index in [1.807, 2.05) is 72.3 Å². The van der Waals surface area contributed by atoms with Crippen LogP contribution in [0.15, 0.2) is 90.6 Å². The number of aromatic nitrogens is 1. The largest absolute Gasteiger partial charge is 0.417 e. The van der Waals surface area contributed by atoms with E-state index < -0.39 is 11.7 Å². The lowest BCUT2D eigenvalue weighted by Crippen LogP contribution is -2.13. The molecule has 0 saturated carbocycles. The summed E-state index contributed by atoms with van der Waals surface area (Å²) in [7, 11) is 0. The van der Waals surface area contributed by atoms with Crippen molar-refractivity contribution in [2.75, 3.05) is 0 Å². The highest BCUT2D eigenvalue weighted by Crippen LogP contribution is 2.48. The van der Waals surface area contributed by atoms with E-state index in [9.17, 15) is 13.2 Å². The standard InChI is InChI=1S/C26H18F3N/c1-17-11-12-18-13-14-30(23(18)15-17)25(19-7-3-2-4-8-19)24-21-10-6-5-9-20(21)16-22(24)26(27,28)29/h2-16H,1H3/b25-24-. The van der Waals surface area contributed by atoms with E-state index in [1.54, 1.807) is 24.3 Å². The molecule has 0 saturated heterocycles. The Morgan fingerprint density at radius 3 is 2.33 bits per heavy atom. The van der Waals surface area contributed by atoms with E-state index in [2.05, 4.69) is 0 Å². The van der Waals surface area contributed by atoms with Crippen molar-refractivity contribution >= 4 is 28.2 Å². The first-order valence-electron chi connectivity index (χ1n) is 9.70. The first-order valence-corrected chi connectivity index (χ1v) is 9.70. The quantitative estimate of drug-likeness (QED) is 0.331. The molecule has 5 rings (SSSR count). The highest BCUT2D eigenvalue weighted by Gasteiger charge is 2.41. The maximum Gasteiger partial charge on any atom is 0.417 e. The lowest BCUT2D eigenvalue weighted by Gasteiger charge is -2.20. The van der Waals surface area contributed by atoms with Gasteiger partial charge in [-0.1, -0.05) is 66.7 Å². The molecule has 148 valence electrons. The van der Waals surface area contributed by atoms with Crippen LogP contribution in [0.25, 0.3) is 28.2 Å². The van der Waals surface area contributed by atoms with Crippen molar-refractivity contribution in [1.29, 1.82) is 0 Å². The molecule has 1 aromatic heterocycles. The van der Waals surface area contributed by atoms with E-state index in [-0.39, 0.29) is 5.57 Å². The summed E-state index contributed by atoms with van der Waals surface area (Å²) >= 11 is 0. The molecular formula is C26H18F3N. The molecule has 0 aliphatic heterocycles. The van der Waals surface area contributed by atoms with Crippen molar-refractivity contribution < 1.29 is 13.2 Å². The fourth-order valence-corrected chi connectivity index (χ4v) is 4.14. The van der Waals surface area contributed by atoms with Crippen LogP contribution in [0.4, 0.5) is 13.2 Å². The minimum atomic E-state index is -4.47. The average molecular weight is 401 g/mol. The molecule has 0 amide bonds. The van der Waals surface area contributed by atoms with Gasteiger partial charge in [-0.2, -0.15) is 13.2 Å². The van der Waals surface area contributed by atoms with E-state index in [4.69, 9.17) is 0 Å². The lowest BCUT2D eigenvalue weighted by molar-refractivity contribution is -0.0859. The minimum absolute atomic E-state index is 0.211. The zero-order valence-corrected chi connectivity index (χ0v) is 16.2. The van der Waals surface area contributed by atoms with Crippen LogP contribution in [0, 0.1) is 6.92 Å². The third kappa shape index (κ3) is 2.96. The smallest absolute Gasteiger partial charge is 0.315 e. The molecule has 0 bridgehead atoms. The van der Waals surface area contributed by atoms with Crippen LogP contribution in [-0.2, 0) is 0 Å². The second-order valence-corrected chi connectivity index (χ2v) is 7.48. The Hall–Kier alpha value is -3.53. The number of rotatable bonds is 2. The topological polar surface area (TPSA) is 4.93 Å². The molecule has 0 unspecified atom stereocenters. The maximum absolute atomic E-state index is 14.2. The van der Waals surface area contributed by atoms with Crippen molar-refractivity contribution in [1.82, 2.24) is 4.57 Å². The predicted molar refractivity (Wildman–Crippen MR) is 116 cm³/mol. The van der Waals surface area contributed by atoms with Crippen molar-refractivity contribution in [2.24, 2.45) is 0 Å². The van der Waals surface area contributed by atoms with Gasteiger partial charge >= 0.3 is 6.18 Å².